The molecule has 1 saturated heterocycles. The van der Waals surface area contributed by atoms with Crippen molar-refractivity contribution in [2.45, 2.75) is 20.3 Å². The summed E-state index contributed by atoms with van der Waals surface area (Å²) in [5.74, 6) is -0.237. The monoisotopic (exact) mass is 310 g/mol. The van der Waals surface area contributed by atoms with Crippen molar-refractivity contribution in [3.63, 3.8) is 0 Å². The zero-order valence-corrected chi connectivity index (χ0v) is 12.8. The minimum Gasteiger partial charge on any atom is -0.366 e. The number of halogens is 1. The highest BCUT2D eigenvalue weighted by Gasteiger charge is 2.35. The van der Waals surface area contributed by atoms with Gasteiger partial charge in [0.05, 0.1) is 22.3 Å². The Kier molecular flexibility index (Phi) is 4.73. The Morgan fingerprint density at radius 2 is 2.05 bits per heavy atom. The molecule has 1 aromatic rings. The molecular formula is C14H15ClN2O2S. The molecule has 1 aromatic carbocycles. The maximum Gasteiger partial charge on any atom is 0.295 e. The molecule has 0 aromatic heterocycles. The number of nitrogens with zero attached hydrogens (tertiary/aromatic N) is 1. The third-order valence-electron chi connectivity index (χ3n) is 3.07. The lowest BCUT2D eigenvalue weighted by molar-refractivity contribution is -0.122. The van der Waals surface area contributed by atoms with Crippen LogP contribution >= 0.6 is 23.4 Å². The molecule has 1 N–H and O–H groups in total. The second kappa shape index (κ2) is 6.33. The minimum absolute atomic E-state index is 0.120. The zero-order chi connectivity index (χ0) is 14.7. The van der Waals surface area contributed by atoms with Crippen LogP contribution in [0.2, 0.25) is 5.02 Å². The summed E-state index contributed by atoms with van der Waals surface area (Å²) in [4.78, 5) is 25.8. The van der Waals surface area contributed by atoms with E-state index in [0.29, 0.717) is 15.6 Å². The van der Waals surface area contributed by atoms with Crippen LogP contribution in [0.3, 0.4) is 0 Å². The Morgan fingerprint density at radius 1 is 1.35 bits per heavy atom. The van der Waals surface area contributed by atoms with Gasteiger partial charge in [-0.15, -0.1) is 0 Å². The van der Waals surface area contributed by atoms with Gasteiger partial charge in [-0.25, -0.2) is 0 Å². The van der Waals surface area contributed by atoms with Gasteiger partial charge < -0.3 is 5.32 Å². The number of rotatable bonds is 4. The normalized spacial score (nSPS) is 17.6. The number of hydrogen-bond donors (Lipinski definition) is 1. The van der Waals surface area contributed by atoms with Crippen LogP contribution < -0.4 is 5.32 Å². The van der Waals surface area contributed by atoms with Crippen molar-refractivity contribution >= 4 is 40.2 Å². The fraction of sp³-hybridized carbons (Fsp3) is 0.286. The van der Waals surface area contributed by atoms with E-state index in [-0.39, 0.29) is 17.8 Å². The summed E-state index contributed by atoms with van der Waals surface area (Å²) >= 11 is 7.02. The van der Waals surface area contributed by atoms with Crippen molar-refractivity contribution in [1.82, 2.24) is 4.90 Å². The van der Waals surface area contributed by atoms with Gasteiger partial charge in [-0.2, -0.15) is 0 Å². The summed E-state index contributed by atoms with van der Waals surface area (Å²) in [7, 11) is 0. The average Bonchev–Trinajstić information content (AvgIpc) is 2.73. The largest absolute Gasteiger partial charge is 0.366 e. The molecule has 1 fully saturated rings. The maximum atomic E-state index is 12.2. The second-order valence-corrected chi connectivity index (χ2v) is 5.75. The van der Waals surface area contributed by atoms with Crippen molar-refractivity contribution in [3.05, 3.63) is 39.8 Å². The van der Waals surface area contributed by atoms with Gasteiger partial charge in [0.15, 0.2) is 0 Å². The van der Waals surface area contributed by atoms with Gasteiger partial charge in [-0.05, 0) is 37.2 Å². The summed E-state index contributed by atoms with van der Waals surface area (Å²) < 4.78 is 0. The summed E-state index contributed by atoms with van der Waals surface area (Å²) in [6, 6.07) is 7.21. The average molecular weight is 311 g/mol. The fourth-order valence-electron chi connectivity index (χ4n) is 1.73. The molecule has 0 unspecified atom stereocenters. The van der Waals surface area contributed by atoms with E-state index < -0.39 is 0 Å². The molecule has 20 heavy (non-hydrogen) atoms. The molecule has 0 radical (unpaired) electrons. The predicted molar refractivity (Wildman–Crippen MR) is 82.8 cm³/mol. The SMILES string of the molecule is CCC(C)=C1SC(=O)N(CNc2ccccc2Cl)C1=O. The molecule has 0 aliphatic carbocycles. The van der Waals surface area contributed by atoms with E-state index in [1.807, 2.05) is 26.0 Å². The van der Waals surface area contributed by atoms with Gasteiger partial charge in [0.1, 0.15) is 0 Å². The lowest BCUT2D eigenvalue weighted by Crippen LogP contribution is -2.33. The number of carbonyl (C=O) groups excluding carboxylic acids is 2. The number of carbonyl (C=O) groups is 2. The van der Waals surface area contributed by atoms with E-state index in [9.17, 15) is 9.59 Å². The van der Waals surface area contributed by atoms with Crippen LogP contribution in [0.15, 0.2) is 34.7 Å². The molecule has 0 bridgehead atoms. The van der Waals surface area contributed by atoms with Crippen molar-refractivity contribution < 1.29 is 9.59 Å². The first kappa shape index (κ1) is 14.9. The summed E-state index contributed by atoms with van der Waals surface area (Å²) in [6.07, 6.45) is 0.757. The number of nitrogens with one attached hydrogen (secondary N) is 1. The number of benzene rings is 1. The van der Waals surface area contributed by atoms with Crippen molar-refractivity contribution in [2.75, 3.05) is 12.0 Å². The molecule has 6 heteroatoms. The lowest BCUT2D eigenvalue weighted by Gasteiger charge is -2.15. The van der Waals surface area contributed by atoms with E-state index in [1.54, 1.807) is 12.1 Å². The summed E-state index contributed by atoms with van der Waals surface area (Å²) in [5.41, 5.74) is 1.64. The quantitative estimate of drug-likeness (QED) is 0.851. The first-order valence-electron chi connectivity index (χ1n) is 6.26. The minimum atomic E-state index is -0.252. The van der Waals surface area contributed by atoms with E-state index >= 15 is 0 Å². The zero-order valence-electron chi connectivity index (χ0n) is 11.3. The topological polar surface area (TPSA) is 49.4 Å². The second-order valence-electron chi connectivity index (χ2n) is 4.38. The highest BCUT2D eigenvalue weighted by molar-refractivity contribution is 8.18. The Hall–Kier alpha value is -1.46. The van der Waals surface area contributed by atoms with Crippen LogP contribution in [0.5, 0.6) is 0 Å². The molecule has 0 saturated carbocycles. The molecular weight excluding hydrogens is 296 g/mol. The number of amides is 2. The smallest absolute Gasteiger partial charge is 0.295 e. The van der Waals surface area contributed by atoms with Crippen LogP contribution in [0, 0.1) is 0 Å². The lowest BCUT2D eigenvalue weighted by atomic mass is 10.2. The van der Waals surface area contributed by atoms with Crippen LogP contribution in [0.4, 0.5) is 10.5 Å². The Labute approximate surface area is 127 Å². The third kappa shape index (κ3) is 2.99. The van der Waals surface area contributed by atoms with Gasteiger partial charge in [0.25, 0.3) is 11.1 Å². The number of imide groups is 1. The molecule has 4 nitrogen and oxygen atoms in total. The van der Waals surface area contributed by atoms with E-state index in [2.05, 4.69) is 5.32 Å². The van der Waals surface area contributed by atoms with Gasteiger partial charge >= 0.3 is 0 Å². The molecule has 0 atom stereocenters. The van der Waals surface area contributed by atoms with E-state index in [0.717, 1.165) is 23.8 Å². The first-order chi connectivity index (χ1) is 9.54. The van der Waals surface area contributed by atoms with Gasteiger partial charge in [-0.3, -0.25) is 14.5 Å². The van der Waals surface area contributed by atoms with Gasteiger partial charge in [-0.1, -0.05) is 36.2 Å². The molecule has 2 rings (SSSR count). The van der Waals surface area contributed by atoms with Crippen LogP contribution in [0.25, 0.3) is 0 Å². The van der Waals surface area contributed by atoms with Crippen LogP contribution in [-0.2, 0) is 4.79 Å². The van der Waals surface area contributed by atoms with Gasteiger partial charge in [0.2, 0.25) is 0 Å². The third-order valence-corrected chi connectivity index (χ3v) is 4.52. The predicted octanol–water partition coefficient (Wildman–Crippen LogP) is 4.09. The maximum absolute atomic E-state index is 12.2. The van der Waals surface area contributed by atoms with Crippen molar-refractivity contribution in [2.24, 2.45) is 0 Å². The number of allylic oxidation sites excluding steroid dienone is 1. The van der Waals surface area contributed by atoms with E-state index in [4.69, 9.17) is 11.6 Å². The molecule has 0 spiro atoms. The number of para-hydroxylation sites is 1. The van der Waals surface area contributed by atoms with Crippen LogP contribution in [-0.4, -0.2) is 22.7 Å². The highest BCUT2D eigenvalue weighted by Crippen LogP contribution is 2.33. The highest BCUT2D eigenvalue weighted by atomic mass is 35.5. The standard InChI is InChI=1S/C14H15ClN2O2S/c1-3-9(2)12-13(18)17(14(19)20-12)8-16-11-7-5-4-6-10(11)15/h4-7,16H,3,8H2,1-2H3. The Morgan fingerprint density at radius 3 is 2.70 bits per heavy atom. The number of anilines is 1. The van der Waals surface area contributed by atoms with Crippen molar-refractivity contribution in [1.29, 1.82) is 0 Å². The molecule has 1 heterocycles. The summed E-state index contributed by atoms with van der Waals surface area (Å²) in [5, 5.41) is 3.31. The Bertz CT molecular complexity index is 586. The summed E-state index contributed by atoms with van der Waals surface area (Å²) in [6.45, 7) is 3.96. The molecule has 106 valence electrons. The van der Waals surface area contributed by atoms with Crippen LogP contribution in [0.1, 0.15) is 20.3 Å². The number of hydrogen-bond acceptors (Lipinski definition) is 4. The van der Waals surface area contributed by atoms with E-state index in [1.165, 1.54) is 4.90 Å². The molecule has 1 aliphatic rings. The van der Waals surface area contributed by atoms with Crippen molar-refractivity contribution in [3.8, 4) is 0 Å². The molecule has 1 aliphatic heterocycles. The number of thioether (sulfide) groups is 1. The molecule has 2 amide bonds. The Balaban J connectivity index is 2.09. The fourth-order valence-corrected chi connectivity index (χ4v) is 2.88. The van der Waals surface area contributed by atoms with Gasteiger partial charge in [0, 0.05) is 0 Å². The first-order valence-corrected chi connectivity index (χ1v) is 7.45.